The second-order valence-corrected chi connectivity index (χ2v) is 8.21. The van der Waals surface area contributed by atoms with Gasteiger partial charge < -0.3 is 14.3 Å². The molecule has 0 aliphatic carbocycles. The van der Waals surface area contributed by atoms with Gasteiger partial charge in [-0.2, -0.15) is 0 Å². The molecule has 0 N–H and O–H groups in total. The number of nitro groups is 1. The number of methoxy groups -OCH3 is 1. The average molecular weight is 435 g/mol. The van der Waals surface area contributed by atoms with E-state index < -0.39 is 35.1 Å². The fourth-order valence-electron chi connectivity index (χ4n) is 5.36. The normalized spacial score (nSPS) is 31.9. The quantitative estimate of drug-likeness (QED) is 0.409. The van der Waals surface area contributed by atoms with Crippen molar-refractivity contribution in [3.63, 3.8) is 0 Å². The second kappa shape index (κ2) is 6.60. The van der Waals surface area contributed by atoms with E-state index in [-0.39, 0.29) is 23.4 Å². The maximum Gasteiger partial charge on any atom is 0.270 e. The van der Waals surface area contributed by atoms with Crippen molar-refractivity contribution in [2.45, 2.75) is 18.3 Å². The predicted molar refractivity (Wildman–Crippen MR) is 109 cm³/mol. The number of fused-ring (bicyclic) bond motifs is 8. The first-order valence-electron chi connectivity index (χ1n) is 10.2. The van der Waals surface area contributed by atoms with Crippen LogP contribution in [0.3, 0.4) is 0 Å². The van der Waals surface area contributed by atoms with E-state index in [9.17, 15) is 19.7 Å². The summed E-state index contributed by atoms with van der Waals surface area (Å²) in [6, 6.07) is 12.9. The minimum Gasteiger partial charge on any atom is -0.497 e. The molecule has 0 aromatic heterocycles. The molecule has 3 fully saturated rings. The number of ether oxygens (including phenoxy) is 2. The molecule has 0 spiro atoms. The van der Waals surface area contributed by atoms with Gasteiger partial charge in [0.05, 0.1) is 47.3 Å². The number of hydrogen-bond acceptors (Lipinski definition) is 8. The van der Waals surface area contributed by atoms with Gasteiger partial charge in [-0.25, -0.2) is 4.90 Å². The number of imide groups is 1. The largest absolute Gasteiger partial charge is 0.497 e. The van der Waals surface area contributed by atoms with Gasteiger partial charge >= 0.3 is 0 Å². The van der Waals surface area contributed by atoms with Crippen molar-refractivity contribution in [1.29, 1.82) is 0 Å². The van der Waals surface area contributed by atoms with Crippen LogP contribution < -0.4 is 9.64 Å². The molecule has 162 valence electrons. The lowest BCUT2D eigenvalue weighted by Crippen LogP contribution is -2.45. The molecule has 2 aromatic rings. The van der Waals surface area contributed by atoms with Crippen molar-refractivity contribution in [2.24, 2.45) is 22.9 Å². The first kappa shape index (κ1) is 18.9. The van der Waals surface area contributed by atoms with E-state index >= 15 is 0 Å². The van der Waals surface area contributed by atoms with Crippen LogP contribution in [0.5, 0.6) is 5.75 Å². The number of benzene rings is 2. The number of carbonyl (C=O) groups excluding carboxylic acids is 2. The smallest absolute Gasteiger partial charge is 0.270 e. The number of amides is 2. The van der Waals surface area contributed by atoms with Gasteiger partial charge in [0, 0.05) is 17.7 Å². The molecule has 0 saturated carbocycles. The number of oxime groups is 1. The third kappa shape index (κ3) is 2.41. The third-order valence-corrected chi connectivity index (χ3v) is 6.72. The van der Waals surface area contributed by atoms with Gasteiger partial charge in [0.25, 0.3) is 5.69 Å². The first-order chi connectivity index (χ1) is 15.5. The fraction of sp³-hybridized carbons (Fsp3) is 0.318. The molecule has 4 heterocycles. The van der Waals surface area contributed by atoms with Crippen LogP contribution in [0.4, 0.5) is 11.4 Å². The molecule has 10 nitrogen and oxygen atoms in total. The Morgan fingerprint density at radius 2 is 1.72 bits per heavy atom. The Morgan fingerprint density at radius 3 is 2.41 bits per heavy atom. The van der Waals surface area contributed by atoms with Crippen LogP contribution in [0.2, 0.25) is 0 Å². The number of non-ortho nitro benzene ring substituents is 1. The Kier molecular flexibility index (Phi) is 3.91. The minimum atomic E-state index is -0.651. The van der Waals surface area contributed by atoms with Crippen LogP contribution in [-0.2, 0) is 19.2 Å². The van der Waals surface area contributed by atoms with Gasteiger partial charge in [-0.3, -0.25) is 19.7 Å². The number of carbonyl (C=O) groups is 2. The molecule has 6 atom stereocenters. The Morgan fingerprint density at radius 1 is 1.00 bits per heavy atom. The summed E-state index contributed by atoms with van der Waals surface area (Å²) in [6.45, 7) is 0. The Balaban J connectivity index is 1.33. The molecule has 2 amide bonds. The topological polar surface area (TPSA) is 121 Å². The number of anilines is 1. The molecular formula is C22H17N3O7. The molecule has 0 radical (unpaired) electrons. The number of rotatable bonds is 4. The molecule has 6 rings (SSSR count). The van der Waals surface area contributed by atoms with E-state index in [0.717, 1.165) is 0 Å². The molecular weight excluding hydrogens is 418 g/mol. The fourth-order valence-corrected chi connectivity index (χ4v) is 5.36. The molecule has 10 heteroatoms. The van der Waals surface area contributed by atoms with E-state index in [1.54, 1.807) is 43.5 Å². The lowest BCUT2D eigenvalue weighted by atomic mass is 9.71. The van der Waals surface area contributed by atoms with Crippen LogP contribution in [0.15, 0.2) is 53.7 Å². The van der Waals surface area contributed by atoms with Crippen molar-refractivity contribution < 1.29 is 28.8 Å². The molecule has 2 bridgehead atoms. The summed E-state index contributed by atoms with van der Waals surface area (Å²) in [7, 11) is 1.54. The summed E-state index contributed by atoms with van der Waals surface area (Å²) in [5.41, 5.74) is 1.47. The maximum atomic E-state index is 13.3. The molecule has 4 aliphatic heterocycles. The van der Waals surface area contributed by atoms with Gasteiger partial charge in [-0.15, -0.1) is 0 Å². The van der Waals surface area contributed by atoms with Crippen molar-refractivity contribution >= 4 is 28.9 Å². The van der Waals surface area contributed by atoms with Crippen LogP contribution in [0, 0.1) is 27.9 Å². The Labute approximate surface area is 181 Å². The minimum absolute atomic E-state index is 0.0617. The van der Waals surface area contributed by atoms with E-state index in [1.807, 2.05) is 0 Å². The van der Waals surface area contributed by atoms with Gasteiger partial charge in [0.2, 0.25) is 11.8 Å². The SMILES string of the molecule is COc1ccc(N2C(=O)[C@@H]3[C@@H]4O[C@@H]([C@H]5C(c6cccc([N+](=O)[O-])c6)=NO[C@@H]45)[C@@H]3C2=O)cc1. The average Bonchev–Trinajstić information content (AvgIpc) is 3.54. The highest BCUT2D eigenvalue weighted by molar-refractivity contribution is 6.23. The lowest BCUT2D eigenvalue weighted by Gasteiger charge is -2.26. The second-order valence-electron chi connectivity index (χ2n) is 8.21. The summed E-state index contributed by atoms with van der Waals surface area (Å²) in [6.07, 6.45) is -1.70. The summed E-state index contributed by atoms with van der Waals surface area (Å²) in [5, 5.41) is 15.3. The summed E-state index contributed by atoms with van der Waals surface area (Å²) >= 11 is 0. The van der Waals surface area contributed by atoms with Crippen LogP contribution in [-0.4, -0.2) is 47.9 Å². The number of nitrogens with zero attached hydrogens (tertiary/aromatic N) is 3. The summed E-state index contributed by atoms with van der Waals surface area (Å²) < 4.78 is 11.2. The Bertz CT molecular complexity index is 1190. The monoisotopic (exact) mass is 435 g/mol. The first-order valence-corrected chi connectivity index (χ1v) is 10.2. The zero-order valence-corrected chi connectivity index (χ0v) is 16.8. The van der Waals surface area contributed by atoms with Crippen LogP contribution >= 0.6 is 0 Å². The van der Waals surface area contributed by atoms with E-state index in [1.165, 1.54) is 17.0 Å². The van der Waals surface area contributed by atoms with Gasteiger partial charge in [0.1, 0.15) is 11.9 Å². The van der Waals surface area contributed by atoms with Gasteiger partial charge in [0.15, 0.2) is 6.10 Å². The van der Waals surface area contributed by atoms with Crippen molar-refractivity contribution in [3.05, 3.63) is 64.2 Å². The predicted octanol–water partition coefficient (Wildman–Crippen LogP) is 1.91. The van der Waals surface area contributed by atoms with Crippen molar-refractivity contribution in [2.75, 3.05) is 12.0 Å². The molecule has 0 unspecified atom stereocenters. The standard InChI is InChI=1S/C22H17N3O7/c1-30-13-7-5-11(6-8-13)24-21(26)14-15(22(24)27)19-20-16(18(14)31-19)17(23-32-20)10-3-2-4-12(9-10)25(28)29/h2-9,14-16,18-20H,1H3/t14-,15+,16-,18-,19+,20-/m1/s1. The lowest BCUT2D eigenvalue weighted by molar-refractivity contribution is -0.384. The highest BCUT2D eigenvalue weighted by atomic mass is 16.7. The highest BCUT2D eigenvalue weighted by Gasteiger charge is 2.72. The maximum absolute atomic E-state index is 13.3. The van der Waals surface area contributed by atoms with Crippen LogP contribution in [0.25, 0.3) is 0 Å². The van der Waals surface area contributed by atoms with Crippen LogP contribution in [0.1, 0.15) is 5.56 Å². The zero-order valence-electron chi connectivity index (χ0n) is 16.8. The highest BCUT2D eigenvalue weighted by Crippen LogP contribution is 2.55. The Hall–Kier alpha value is -3.79. The zero-order chi connectivity index (χ0) is 22.1. The third-order valence-electron chi connectivity index (χ3n) is 6.72. The van der Waals surface area contributed by atoms with Crippen molar-refractivity contribution in [3.8, 4) is 5.75 Å². The molecule has 4 aliphatic rings. The van der Waals surface area contributed by atoms with E-state index in [2.05, 4.69) is 5.16 Å². The summed E-state index contributed by atoms with van der Waals surface area (Å²) in [4.78, 5) is 44.1. The van der Waals surface area contributed by atoms with E-state index in [0.29, 0.717) is 22.7 Å². The van der Waals surface area contributed by atoms with E-state index in [4.69, 9.17) is 14.3 Å². The van der Waals surface area contributed by atoms with Gasteiger partial charge in [-0.05, 0) is 24.3 Å². The summed E-state index contributed by atoms with van der Waals surface area (Å²) in [5.74, 6) is -1.69. The van der Waals surface area contributed by atoms with Crippen molar-refractivity contribution in [1.82, 2.24) is 0 Å². The number of nitro benzene ring substituents is 1. The molecule has 32 heavy (non-hydrogen) atoms. The van der Waals surface area contributed by atoms with Gasteiger partial charge in [-0.1, -0.05) is 17.3 Å². The molecule has 3 saturated heterocycles. The molecule has 2 aromatic carbocycles. The number of hydrogen-bond donors (Lipinski definition) is 0.